The van der Waals surface area contributed by atoms with Crippen LogP contribution in [0.5, 0.6) is 11.5 Å². The summed E-state index contributed by atoms with van der Waals surface area (Å²) in [6.45, 7) is 10.2. The second-order valence-electron chi connectivity index (χ2n) is 11.2. The zero-order valence-electron chi connectivity index (χ0n) is 23.1. The quantitative estimate of drug-likeness (QED) is 0.415. The maximum absolute atomic E-state index is 13.0. The fourth-order valence-corrected chi connectivity index (χ4v) is 6.23. The summed E-state index contributed by atoms with van der Waals surface area (Å²) in [7, 11) is 0. The van der Waals surface area contributed by atoms with Gasteiger partial charge in [-0.1, -0.05) is 32.5 Å². The van der Waals surface area contributed by atoms with Gasteiger partial charge in [0.1, 0.15) is 25.6 Å². The number of carbonyl (C=O) groups is 2. The molecule has 3 aromatic rings. The molecule has 5 rings (SSSR count). The van der Waals surface area contributed by atoms with Gasteiger partial charge >= 0.3 is 0 Å². The first-order chi connectivity index (χ1) is 19.0. The van der Waals surface area contributed by atoms with E-state index in [1.54, 1.807) is 6.92 Å². The van der Waals surface area contributed by atoms with E-state index in [2.05, 4.69) is 35.8 Å². The molecule has 1 fully saturated rings. The Kier molecular flexibility index (Phi) is 8.14. The summed E-state index contributed by atoms with van der Waals surface area (Å²) in [6.07, 6.45) is 3.10. The molecule has 1 atom stereocenters. The normalized spacial score (nSPS) is 16.7. The molecule has 3 N–H and O–H groups in total. The molecular weight excluding hydrogens is 598 g/mol. The molecule has 1 saturated heterocycles. The lowest BCUT2D eigenvalue weighted by molar-refractivity contribution is -0.139. The summed E-state index contributed by atoms with van der Waals surface area (Å²) in [4.78, 5) is 41.6. The Morgan fingerprint density at radius 3 is 2.52 bits per heavy atom. The number of piperidine rings is 1. The summed E-state index contributed by atoms with van der Waals surface area (Å²) >= 11 is 5.16. The summed E-state index contributed by atoms with van der Waals surface area (Å²) in [6, 6.07) is 3.30. The number of likely N-dealkylation sites (tertiary alicyclic amines) is 1. The molecule has 1 aromatic carbocycles. The minimum absolute atomic E-state index is 0.0515. The molecule has 40 heavy (non-hydrogen) atoms. The second kappa shape index (κ2) is 11.4. The smallest absolute Gasteiger partial charge is 0.244 e. The number of nitrogens with two attached hydrogens (primary N) is 1. The van der Waals surface area contributed by atoms with Crippen LogP contribution < -0.4 is 20.5 Å². The van der Waals surface area contributed by atoms with Crippen molar-refractivity contribution in [3.8, 4) is 11.5 Å². The van der Waals surface area contributed by atoms with Gasteiger partial charge in [0.05, 0.1) is 0 Å². The average Bonchev–Trinajstić information content (AvgIpc) is 3.26. The van der Waals surface area contributed by atoms with Crippen molar-refractivity contribution >= 4 is 56.5 Å². The SMILES string of the molecule is C[C@@H](NC(=O)C(C)(C)C)C(=O)N1CCC(Cn2c(Sc3cc4c(cc3Br)OCCO4)nc3c(N)ncnc32)CC1. The third-order valence-electron chi connectivity index (χ3n) is 7.09. The van der Waals surface area contributed by atoms with E-state index in [9.17, 15) is 9.59 Å². The van der Waals surface area contributed by atoms with Gasteiger partial charge in [-0.25, -0.2) is 15.0 Å². The Labute approximate surface area is 245 Å². The maximum Gasteiger partial charge on any atom is 0.244 e. The minimum atomic E-state index is -0.562. The first kappa shape index (κ1) is 28.5. The van der Waals surface area contributed by atoms with Crippen LogP contribution >= 0.6 is 27.7 Å². The number of anilines is 1. The fraction of sp³-hybridized carbons (Fsp3) is 0.519. The predicted molar refractivity (Wildman–Crippen MR) is 155 cm³/mol. The van der Waals surface area contributed by atoms with Crippen LogP contribution in [0.25, 0.3) is 11.2 Å². The largest absolute Gasteiger partial charge is 0.486 e. The Hall–Kier alpha value is -3.06. The number of benzene rings is 1. The number of fused-ring (bicyclic) bond motifs is 2. The van der Waals surface area contributed by atoms with E-state index in [0.29, 0.717) is 67.2 Å². The number of rotatable bonds is 6. The zero-order chi connectivity index (χ0) is 28.6. The van der Waals surface area contributed by atoms with Gasteiger partial charge in [-0.3, -0.25) is 9.59 Å². The summed E-state index contributed by atoms with van der Waals surface area (Å²) in [5.74, 6) is 1.86. The van der Waals surface area contributed by atoms with Crippen LogP contribution in [-0.4, -0.2) is 68.6 Å². The lowest BCUT2D eigenvalue weighted by atomic mass is 9.94. The molecular formula is C27H34BrN7O4S. The molecule has 2 amide bonds. The molecule has 0 radical (unpaired) electrons. The number of nitrogen functional groups attached to an aromatic ring is 1. The molecule has 0 aliphatic carbocycles. The second-order valence-corrected chi connectivity index (χ2v) is 13.0. The van der Waals surface area contributed by atoms with E-state index >= 15 is 0 Å². The van der Waals surface area contributed by atoms with E-state index in [4.69, 9.17) is 20.2 Å². The summed E-state index contributed by atoms with van der Waals surface area (Å²) in [5, 5.41) is 3.60. The molecule has 0 unspecified atom stereocenters. The first-order valence-electron chi connectivity index (χ1n) is 13.3. The van der Waals surface area contributed by atoms with Crippen molar-refractivity contribution in [1.82, 2.24) is 29.7 Å². The van der Waals surface area contributed by atoms with Crippen molar-refractivity contribution in [2.75, 3.05) is 32.0 Å². The van der Waals surface area contributed by atoms with Crippen molar-refractivity contribution < 1.29 is 19.1 Å². The maximum atomic E-state index is 13.0. The van der Waals surface area contributed by atoms with Crippen molar-refractivity contribution in [3.63, 3.8) is 0 Å². The fourth-order valence-electron chi connectivity index (χ4n) is 4.74. The van der Waals surface area contributed by atoms with Crippen LogP contribution in [0.2, 0.25) is 0 Å². The van der Waals surface area contributed by atoms with E-state index in [1.807, 2.05) is 37.8 Å². The van der Waals surface area contributed by atoms with Crippen molar-refractivity contribution in [1.29, 1.82) is 0 Å². The van der Waals surface area contributed by atoms with Gasteiger partial charge < -0.3 is 30.0 Å². The van der Waals surface area contributed by atoms with Crippen molar-refractivity contribution in [2.45, 2.75) is 63.2 Å². The predicted octanol–water partition coefficient (Wildman–Crippen LogP) is 3.88. The topological polar surface area (TPSA) is 137 Å². The minimum Gasteiger partial charge on any atom is -0.486 e. The molecule has 11 nitrogen and oxygen atoms in total. The van der Waals surface area contributed by atoms with Gasteiger partial charge in [-0.05, 0) is 53.7 Å². The number of hydrogen-bond acceptors (Lipinski definition) is 9. The Morgan fingerprint density at radius 2 is 1.85 bits per heavy atom. The van der Waals surface area contributed by atoms with Crippen LogP contribution in [0.4, 0.5) is 5.82 Å². The van der Waals surface area contributed by atoms with Crippen molar-refractivity contribution in [3.05, 3.63) is 22.9 Å². The number of nitrogens with one attached hydrogen (secondary N) is 1. The highest BCUT2D eigenvalue weighted by molar-refractivity contribution is 9.10. The number of nitrogens with zero attached hydrogens (tertiary/aromatic N) is 5. The lowest BCUT2D eigenvalue weighted by Crippen LogP contribution is -2.51. The van der Waals surface area contributed by atoms with E-state index in [0.717, 1.165) is 27.4 Å². The highest BCUT2D eigenvalue weighted by atomic mass is 79.9. The van der Waals surface area contributed by atoms with E-state index in [-0.39, 0.29) is 11.8 Å². The van der Waals surface area contributed by atoms with Crippen molar-refractivity contribution in [2.24, 2.45) is 11.3 Å². The third-order valence-corrected chi connectivity index (χ3v) is 9.06. The van der Waals surface area contributed by atoms with Gasteiger partial charge in [-0.15, -0.1) is 0 Å². The number of halogens is 1. The number of aromatic nitrogens is 4. The molecule has 0 bridgehead atoms. The monoisotopic (exact) mass is 631 g/mol. The summed E-state index contributed by atoms with van der Waals surface area (Å²) in [5.41, 5.74) is 6.87. The highest BCUT2D eigenvalue weighted by Crippen LogP contribution is 2.42. The number of amides is 2. The van der Waals surface area contributed by atoms with Crippen LogP contribution in [0.3, 0.4) is 0 Å². The number of imidazole rings is 1. The van der Waals surface area contributed by atoms with Gasteiger partial charge in [-0.2, -0.15) is 0 Å². The number of ether oxygens (including phenoxy) is 2. The van der Waals surface area contributed by atoms with Gasteiger partial charge in [0.2, 0.25) is 11.8 Å². The Balaban J connectivity index is 1.31. The van der Waals surface area contributed by atoms with Gasteiger partial charge in [0, 0.05) is 34.4 Å². The molecule has 4 heterocycles. The Morgan fingerprint density at radius 1 is 1.18 bits per heavy atom. The highest BCUT2D eigenvalue weighted by Gasteiger charge is 2.30. The standard InChI is InChI=1S/C27H34BrN7O4S/c1-15(32-25(37)27(2,3)4)24(36)34-7-5-16(6-8-34)13-35-23-21(22(29)30-14-31-23)33-26(35)40-20-12-19-18(11-17(20)28)38-9-10-39-19/h11-12,14-16H,5-10,13H2,1-4H3,(H,32,37)(H2,29,30,31)/t15-/m1/s1. The van der Waals surface area contributed by atoms with Gasteiger partial charge in [0.25, 0.3) is 0 Å². The van der Waals surface area contributed by atoms with Gasteiger partial charge in [0.15, 0.2) is 33.6 Å². The first-order valence-corrected chi connectivity index (χ1v) is 15.0. The summed E-state index contributed by atoms with van der Waals surface area (Å²) < 4.78 is 14.5. The molecule has 2 aliphatic heterocycles. The van der Waals surface area contributed by atoms with Crippen LogP contribution in [-0.2, 0) is 16.1 Å². The molecule has 214 valence electrons. The van der Waals surface area contributed by atoms with Crippen LogP contribution in [0.15, 0.2) is 33.0 Å². The molecule has 0 spiro atoms. The van der Waals surface area contributed by atoms with E-state index in [1.165, 1.54) is 18.1 Å². The molecule has 0 saturated carbocycles. The lowest BCUT2D eigenvalue weighted by Gasteiger charge is -2.34. The molecule has 13 heteroatoms. The number of carbonyl (C=O) groups excluding carboxylic acids is 2. The van der Waals surface area contributed by atoms with E-state index < -0.39 is 11.5 Å². The zero-order valence-corrected chi connectivity index (χ0v) is 25.5. The van der Waals surface area contributed by atoms with Crippen LogP contribution in [0, 0.1) is 11.3 Å². The number of hydrogen-bond donors (Lipinski definition) is 2. The molecule has 2 aromatic heterocycles. The Bertz CT molecular complexity index is 1430. The molecule has 2 aliphatic rings. The third kappa shape index (κ3) is 5.99. The average molecular weight is 633 g/mol. The van der Waals surface area contributed by atoms with Crippen LogP contribution in [0.1, 0.15) is 40.5 Å².